The van der Waals surface area contributed by atoms with Crippen molar-refractivity contribution in [2.75, 3.05) is 20.2 Å². The van der Waals surface area contributed by atoms with Crippen LogP contribution in [0.25, 0.3) is 0 Å². The first-order valence-corrected chi connectivity index (χ1v) is 6.27. The van der Waals surface area contributed by atoms with Crippen LogP contribution in [0.5, 0.6) is 5.88 Å². The molecule has 0 spiro atoms. The minimum absolute atomic E-state index is 0.532. The van der Waals surface area contributed by atoms with Crippen molar-refractivity contribution in [1.82, 2.24) is 9.88 Å². The normalized spacial score (nSPS) is 20.7. The molecule has 1 saturated heterocycles. The largest absolute Gasteiger partial charge is 0.478 e. The van der Waals surface area contributed by atoms with Crippen molar-refractivity contribution in [1.29, 1.82) is 0 Å². The Balaban J connectivity index is 1.77. The summed E-state index contributed by atoms with van der Waals surface area (Å²) in [5, 5.41) is 0. The third-order valence-electron chi connectivity index (χ3n) is 3.41. The predicted octanol–water partition coefficient (Wildman–Crippen LogP) is 1.40. The second-order valence-corrected chi connectivity index (χ2v) is 4.62. The SMILES string of the molecule is CN1CCC[C@H]1CCOc1cc(CN)ccn1. The highest BCUT2D eigenvalue weighted by Gasteiger charge is 2.20. The van der Waals surface area contributed by atoms with Gasteiger partial charge in [-0.1, -0.05) is 0 Å². The number of nitrogens with two attached hydrogens (primary N) is 1. The Labute approximate surface area is 103 Å². The number of pyridine rings is 1. The average molecular weight is 235 g/mol. The second-order valence-electron chi connectivity index (χ2n) is 4.62. The standard InChI is InChI=1S/C13H21N3O/c1-16-7-2-3-12(16)5-8-17-13-9-11(10-14)4-6-15-13/h4,6,9,12H,2-3,5,7-8,10,14H2,1H3/t12-/m0/s1. The van der Waals surface area contributed by atoms with Crippen LogP contribution in [-0.2, 0) is 6.54 Å². The van der Waals surface area contributed by atoms with Gasteiger partial charge in [0.05, 0.1) is 6.61 Å². The van der Waals surface area contributed by atoms with E-state index >= 15 is 0 Å². The molecule has 1 aliphatic heterocycles. The molecule has 0 unspecified atom stereocenters. The summed E-state index contributed by atoms with van der Waals surface area (Å²) in [5.74, 6) is 0.689. The number of ether oxygens (including phenoxy) is 1. The number of aromatic nitrogens is 1. The summed E-state index contributed by atoms with van der Waals surface area (Å²) in [7, 11) is 2.19. The van der Waals surface area contributed by atoms with Crippen LogP contribution in [0.15, 0.2) is 18.3 Å². The maximum absolute atomic E-state index is 5.67. The molecule has 2 rings (SSSR count). The lowest BCUT2D eigenvalue weighted by Crippen LogP contribution is -2.26. The van der Waals surface area contributed by atoms with Crippen molar-refractivity contribution in [3.05, 3.63) is 23.9 Å². The summed E-state index contributed by atoms with van der Waals surface area (Å²) in [6, 6.07) is 4.50. The van der Waals surface area contributed by atoms with Crippen LogP contribution >= 0.6 is 0 Å². The fraction of sp³-hybridized carbons (Fsp3) is 0.615. The number of likely N-dealkylation sites (tertiary alicyclic amines) is 1. The summed E-state index contributed by atoms with van der Waals surface area (Å²) in [5.41, 5.74) is 6.64. The highest BCUT2D eigenvalue weighted by Crippen LogP contribution is 2.18. The molecular formula is C13H21N3O. The van der Waals surface area contributed by atoms with E-state index in [0.29, 0.717) is 18.5 Å². The molecule has 1 fully saturated rings. The monoisotopic (exact) mass is 235 g/mol. The zero-order valence-corrected chi connectivity index (χ0v) is 10.4. The van der Waals surface area contributed by atoms with Gasteiger partial charge >= 0.3 is 0 Å². The fourth-order valence-electron chi connectivity index (χ4n) is 2.30. The molecule has 0 radical (unpaired) electrons. The Hall–Kier alpha value is -1.13. The highest BCUT2D eigenvalue weighted by molar-refractivity contribution is 5.19. The minimum Gasteiger partial charge on any atom is -0.478 e. The zero-order valence-electron chi connectivity index (χ0n) is 10.4. The van der Waals surface area contributed by atoms with Crippen LogP contribution in [-0.4, -0.2) is 36.1 Å². The Morgan fingerprint density at radius 3 is 3.18 bits per heavy atom. The molecule has 1 aromatic rings. The van der Waals surface area contributed by atoms with Gasteiger partial charge in [-0.25, -0.2) is 4.98 Å². The van der Waals surface area contributed by atoms with Gasteiger partial charge < -0.3 is 15.4 Å². The van der Waals surface area contributed by atoms with E-state index in [2.05, 4.69) is 16.9 Å². The molecule has 94 valence electrons. The maximum atomic E-state index is 5.67. The lowest BCUT2D eigenvalue weighted by molar-refractivity contribution is 0.228. The van der Waals surface area contributed by atoms with Gasteiger partial charge in [0, 0.05) is 24.8 Å². The molecule has 0 aromatic carbocycles. The quantitative estimate of drug-likeness (QED) is 0.838. The first kappa shape index (κ1) is 12.3. The maximum Gasteiger partial charge on any atom is 0.213 e. The molecule has 0 bridgehead atoms. The second kappa shape index (κ2) is 5.98. The summed E-state index contributed by atoms with van der Waals surface area (Å²) in [4.78, 5) is 6.59. The van der Waals surface area contributed by atoms with Gasteiger partial charge in [-0.2, -0.15) is 0 Å². The Kier molecular flexibility index (Phi) is 4.34. The van der Waals surface area contributed by atoms with E-state index in [-0.39, 0.29) is 0 Å². The molecule has 1 aliphatic rings. The summed E-state index contributed by atoms with van der Waals surface area (Å²) in [6.45, 7) is 2.48. The number of hydrogen-bond donors (Lipinski definition) is 1. The van der Waals surface area contributed by atoms with Gasteiger partial charge in [0.1, 0.15) is 0 Å². The van der Waals surface area contributed by atoms with Gasteiger partial charge in [0.25, 0.3) is 0 Å². The highest BCUT2D eigenvalue weighted by atomic mass is 16.5. The number of rotatable bonds is 5. The molecule has 0 aliphatic carbocycles. The zero-order chi connectivity index (χ0) is 12.1. The van der Waals surface area contributed by atoms with Crippen LogP contribution in [0.3, 0.4) is 0 Å². The summed E-state index contributed by atoms with van der Waals surface area (Å²) < 4.78 is 5.67. The number of hydrogen-bond acceptors (Lipinski definition) is 4. The lowest BCUT2D eigenvalue weighted by atomic mass is 10.1. The summed E-state index contributed by atoms with van der Waals surface area (Å²) >= 11 is 0. The molecule has 17 heavy (non-hydrogen) atoms. The van der Waals surface area contributed by atoms with Crippen molar-refractivity contribution in [3.8, 4) is 5.88 Å². The first-order chi connectivity index (χ1) is 8.29. The van der Waals surface area contributed by atoms with Gasteiger partial charge in [-0.3, -0.25) is 0 Å². The number of nitrogens with zero attached hydrogens (tertiary/aromatic N) is 2. The van der Waals surface area contributed by atoms with Crippen molar-refractivity contribution in [2.45, 2.75) is 31.8 Å². The van der Waals surface area contributed by atoms with E-state index in [0.717, 1.165) is 18.6 Å². The molecule has 1 atom stereocenters. The Morgan fingerprint density at radius 1 is 1.59 bits per heavy atom. The van der Waals surface area contributed by atoms with Crippen LogP contribution in [0.1, 0.15) is 24.8 Å². The van der Waals surface area contributed by atoms with Gasteiger partial charge in [-0.05, 0) is 44.5 Å². The van der Waals surface area contributed by atoms with E-state index in [1.807, 2.05) is 12.1 Å². The first-order valence-electron chi connectivity index (χ1n) is 6.27. The molecule has 4 nitrogen and oxygen atoms in total. The third kappa shape index (κ3) is 3.41. The van der Waals surface area contributed by atoms with Crippen molar-refractivity contribution < 1.29 is 4.74 Å². The molecule has 1 aromatic heterocycles. The van der Waals surface area contributed by atoms with Gasteiger partial charge in [0.15, 0.2) is 0 Å². The van der Waals surface area contributed by atoms with Crippen molar-refractivity contribution in [3.63, 3.8) is 0 Å². The topological polar surface area (TPSA) is 51.4 Å². The average Bonchev–Trinajstić information content (AvgIpc) is 2.76. The van der Waals surface area contributed by atoms with Crippen molar-refractivity contribution >= 4 is 0 Å². The molecule has 2 heterocycles. The fourth-order valence-corrected chi connectivity index (χ4v) is 2.30. The van der Waals surface area contributed by atoms with E-state index in [1.54, 1.807) is 6.20 Å². The van der Waals surface area contributed by atoms with Gasteiger partial charge in [-0.15, -0.1) is 0 Å². The van der Waals surface area contributed by atoms with Crippen LogP contribution in [0, 0.1) is 0 Å². The van der Waals surface area contributed by atoms with Crippen LogP contribution in [0.2, 0.25) is 0 Å². The van der Waals surface area contributed by atoms with E-state index in [4.69, 9.17) is 10.5 Å². The van der Waals surface area contributed by atoms with E-state index in [9.17, 15) is 0 Å². The van der Waals surface area contributed by atoms with E-state index < -0.39 is 0 Å². The minimum atomic E-state index is 0.532. The van der Waals surface area contributed by atoms with E-state index in [1.165, 1.54) is 19.4 Å². The molecular weight excluding hydrogens is 214 g/mol. The van der Waals surface area contributed by atoms with Crippen molar-refractivity contribution in [2.24, 2.45) is 5.73 Å². The molecule has 2 N–H and O–H groups in total. The smallest absolute Gasteiger partial charge is 0.213 e. The lowest BCUT2D eigenvalue weighted by Gasteiger charge is -2.19. The molecule has 0 saturated carbocycles. The predicted molar refractivity (Wildman–Crippen MR) is 67.9 cm³/mol. The summed E-state index contributed by atoms with van der Waals surface area (Å²) in [6.07, 6.45) is 5.42. The van der Waals surface area contributed by atoms with Crippen LogP contribution in [0.4, 0.5) is 0 Å². The Bertz CT molecular complexity index is 356. The van der Waals surface area contributed by atoms with Crippen LogP contribution < -0.4 is 10.5 Å². The molecule has 0 amide bonds. The van der Waals surface area contributed by atoms with Gasteiger partial charge in [0.2, 0.25) is 5.88 Å². The third-order valence-corrected chi connectivity index (χ3v) is 3.41. The molecule has 4 heteroatoms. The Morgan fingerprint density at radius 2 is 2.47 bits per heavy atom.